The fourth-order valence-electron chi connectivity index (χ4n) is 1.50. The third-order valence-corrected chi connectivity index (χ3v) is 2.51. The van der Waals surface area contributed by atoms with Gasteiger partial charge in [0.05, 0.1) is 13.5 Å². The minimum absolute atomic E-state index is 0.0303. The maximum absolute atomic E-state index is 10.7. The molecular formula is C13H16O3S. The monoisotopic (exact) mass is 252 g/mol. The molecule has 92 valence electrons. The predicted octanol–water partition coefficient (Wildman–Crippen LogP) is 2.66. The number of carboxylic acids is 1. The predicted molar refractivity (Wildman–Crippen MR) is 71.8 cm³/mol. The normalized spacial score (nSPS) is 10.7. The fraction of sp³-hybridized carbons (Fsp3) is 0.308. The summed E-state index contributed by atoms with van der Waals surface area (Å²) >= 11 is 4.12. The standard InChI is InChI=1S/C13H16O3S/c1-16-12-6-5-10(4-2-3-7-17)8-11(12)9-13(14)15/h2,4-6,8,17H,3,7,9H2,1H3,(H,14,15). The summed E-state index contributed by atoms with van der Waals surface area (Å²) in [6.45, 7) is 0. The first kappa shape index (κ1) is 13.6. The molecule has 0 radical (unpaired) electrons. The Balaban J connectivity index is 2.91. The van der Waals surface area contributed by atoms with Gasteiger partial charge < -0.3 is 9.84 Å². The number of carboxylic acid groups (broad SMARTS) is 1. The summed E-state index contributed by atoms with van der Waals surface area (Å²) < 4.78 is 5.13. The van der Waals surface area contributed by atoms with Crippen LogP contribution in [0, 0.1) is 0 Å². The number of rotatable bonds is 6. The number of hydrogen-bond acceptors (Lipinski definition) is 3. The molecule has 0 unspecified atom stereocenters. The summed E-state index contributed by atoms with van der Waals surface area (Å²) in [5.74, 6) is 0.549. The number of benzene rings is 1. The van der Waals surface area contributed by atoms with E-state index in [2.05, 4.69) is 12.6 Å². The number of methoxy groups -OCH3 is 1. The number of carbonyl (C=O) groups is 1. The van der Waals surface area contributed by atoms with Crippen LogP contribution in [0.4, 0.5) is 0 Å². The highest BCUT2D eigenvalue weighted by atomic mass is 32.1. The molecule has 0 atom stereocenters. The van der Waals surface area contributed by atoms with Gasteiger partial charge in [0.2, 0.25) is 0 Å². The number of hydrogen-bond donors (Lipinski definition) is 2. The first-order valence-corrected chi connectivity index (χ1v) is 5.96. The van der Waals surface area contributed by atoms with Crippen LogP contribution < -0.4 is 4.74 Å². The van der Waals surface area contributed by atoms with Crippen LogP contribution in [0.5, 0.6) is 5.75 Å². The molecule has 1 N–H and O–H groups in total. The van der Waals surface area contributed by atoms with Crippen molar-refractivity contribution < 1.29 is 14.6 Å². The lowest BCUT2D eigenvalue weighted by Crippen LogP contribution is -2.02. The summed E-state index contributed by atoms with van der Waals surface area (Å²) in [5.41, 5.74) is 1.66. The Kier molecular flexibility index (Phi) is 5.63. The second-order valence-corrected chi connectivity index (χ2v) is 4.00. The van der Waals surface area contributed by atoms with E-state index in [-0.39, 0.29) is 6.42 Å². The van der Waals surface area contributed by atoms with Gasteiger partial charge in [-0.3, -0.25) is 4.79 Å². The lowest BCUT2D eigenvalue weighted by molar-refractivity contribution is -0.136. The van der Waals surface area contributed by atoms with Gasteiger partial charge in [-0.25, -0.2) is 0 Å². The zero-order valence-corrected chi connectivity index (χ0v) is 10.6. The number of aliphatic carboxylic acids is 1. The van der Waals surface area contributed by atoms with Gasteiger partial charge in [-0.1, -0.05) is 18.2 Å². The molecule has 0 saturated carbocycles. The van der Waals surface area contributed by atoms with Crippen molar-refractivity contribution in [2.75, 3.05) is 12.9 Å². The molecular weight excluding hydrogens is 236 g/mol. The van der Waals surface area contributed by atoms with E-state index in [1.807, 2.05) is 24.3 Å². The van der Waals surface area contributed by atoms with Crippen LogP contribution in [0.25, 0.3) is 6.08 Å². The molecule has 0 saturated heterocycles. The van der Waals surface area contributed by atoms with E-state index in [1.54, 1.807) is 6.07 Å². The second-order valence-electron chi connectivity index (χ2n) is 3.56. The van der Waals surface area contributed by atoms with Crippen LogP contribution in [0.15, 0.2) is 24.3 Å². The Bertz CT molecular complexity index is 413. The number of ether oxygens (including phenoxy) is 1. The molecule has 17 heavy (non-hydrogen) atoms. The van der Waals surface area contributed by atoms with Crippen molar-refractivity contribution in [1.82, 2.24) is 0 Å². The first-order chi connectivity index (χ1) is 8.17. The summed E-state index contributed by atoms with van der Waals surface area (Å²) in [4.78, 5) is 10.7. The van der Waals surface area contributed by atoms with Gasteiger partial charge >= 0.3 is 5.97 Å². The summed E-state index contributed by atoms with van der Waals surface area (Å²) in [6.07, 6.45) is 4.83. The van der Waals surface area contributed by atoms with E-state index in [9.17, 15) is 4.79 Å². The molecule has 0 bridgehead atoms. The van der Waals surface area contributed by atoms with Gasteiger partial charge in [0.25, 0.3) is 0 Å². The van der Waals surface area contributed by atoms with Gasteiger partial charge in [-0.15, -0.1) is 0 Å². The van der Waals surface area contributed by atoms with Crippen molar-refractivity contribution in [3.05, 3.63) is 35.4 Å². The molecule has 3 nitrogen and oxygen atoms in total. The molecule has 0 spiro atoms. The van der Waals surface area contributed by atoms with Crippen molar-refractivity contribution in [3.8, 4) is 5.75 Å². The van der Waals surface area contributed by atoms with Crippen molar-refractivity contribution in [2.45, 2.75) is 12.8 Å². The molecule has 1 aromatic rings. The Morgan fingerprint density at radius 1 is 1.53 bits per heavy atom. The van der Waals surface area contributed by atoms with E-state index in [0.29, 0.717) is 11.3 Å². The Labute approximate surface area is 107 Å². The highest BCUT2D eigenvalue weighted by Crippen LogP contribution is 2.21. The second kappa shape index (κ2) is 7.01. The Morgan fingerprint density at radius 2 is 2.29 bits per heavy atom. The largest absolute Gasteiger partial charge is 0.496 e. The third kappa shape index (κ3) is 4.53. The first-order valence-electron chi connectivity index (χ1n) is 5.33. The smallest absolute Gasteiger partial charge is 0.307 e. The molecule has 0 aliphatic heterocycles. The summed E-state index contributed by atoms with van der Waals surface area (Å²) in [7, 11) is 1.54. The van der Waals surface area contributed by atoms with Gasteiger partial charge in [0.1, 0.15) is 5.75 Å². The molecule has 1 aromatic carbocycles. The average molecular weight is 252 g/mol. The van der Waals surface area contributed by atoms with Gasteiger partial charge in [-0.05, 0) is 29.9 Å². The maximum Gasteiger partial charge on any atom is 0.307 e. The van der Waals surface area contributed by atoms with Crippen LogP contribution in [0.1, 0.15) is 17.5 Å². The Morgan fingerprint density at radius 3 is 2.88 bits per heavy atom. The van der Waals surface area contributed by atoms with E-state index < -0.39 is 5.97 Å². The lowest BCUT2D eigenvalue weighted by atomic mass is 10.1. The Hall–Kier alpha value is -1.42. The third-order valence-electron chi connectivity index (χ3n) is 2.25. The highest BCUT2D eigenvalue weighted by Gasteiger charge is 2.07. The minimum Gasteiger partial charge on any atom is -0.496 e. The van der Waals surface area contributed by atoms with E-state index in [4.69, 9.17) is 9.84 Å². The van der Waals surface area contributed by atoms with Crippen LogP contribution in [-0.2, 0) is 11.2 Å². The van der Waals surface area contributed by atoms with E-state index in [0.717, 1.165) is 17.7 Å². The average Bonchev–Trinajstić information content (AvgIpc) is 2.29. The van der Waals surface area contributed by atoms with Crippen molar-refractivity contribution in [3.63, 3.8) is 0 Å². The number of allylic oxidation sites excluding steroid dienone is 1. The molecule has 0 heterocycles. The lowest BCUT2D eigenvalue weighted by Gasteiger charge is -2.07. The zero-order valence-electron chi connectivity index (χ0n) is 9.72. The molecule has 0 aliphatic carbocycles. The van der Waals surface area contributed by atoms with Crippen molar-refractivity contribution in [2.24, 2.45) is 0 Å². The van der Waals surface area contributed by atoms with Gasteiger partial charge in [0.15, 0.2) is 0 Å². The molecule has 0 aromatic heterocycles. The molecule has 0 aliphatic rings. The minimum atomic E-state index is -0.861. The van der Waals surface area contributed by atoms with Crippen LogP contribution >= 0.6 is 12.6 Å². The van der Waals surface area contributed by atoms with Crippen molar-refractivity contribution >= 4 is 24.7 Å². The van der Waals surface area contributed by atoms with Crippen LogP contribution in [-0.4, -0.2) is 23.9 Å². The molecule has 4 heteroatoms. The quantitative estimate of drug-likeness (QED) is 0.765. The van der Waals surface area contributed by atoms with Gasteiger partial charge in [-0.2, -0.15) is 12.6 Å². The molecule has 1 rings (SSSR count). The SMILES string of the molecule is COc1ccc(C=CCCS)cc1CC(=O)O. The maximum atomic E-state index is 10.7. The van der Waals surface area contributed by atoms with Crippen LogP contribution in [0.3, 0.4) is 0 Å². The van der Waals surface area contributed by atoms with Crippen molar-refractivity contribution in [1.29, 1.82) is 0 Å². The summed E-state index contributed by atoms with van der Waals surface area (Å²) in [5, 5.41) is 8.81. The zero-order chi connectivity index (χ0) is 12.7. The molecule has 0 fully saturated rings. The van der Waals surface area contributed by atoms with Gasteiger partial charge in [0, 0.05) is 5.56 Å². The van der Waals surface area contributed by atoms with E-state index >= 15 is 0 Å². The van der Waals surface area contributed by atoms with Crippen LogP contribution in [0.2, 0.25) is 0 Å². The topological polar surface area (TPSA) is 46.5 Å². The fourth-order valence-corrected chi connectivity index (χ4v) is 1.65. The van der Waals surface area contributed by atoms with E-state index in [1.165, 1.54) is 7.11 Å². The summed E-state index contributed by atoms with van der Waals surface area (Å²) in [6, 6.07) is 5.53. The molecule has 0 amide bonds. The highest BCUT2D eigenvalue weighted by molar-refractivity contribution is 7.80. The number of thiol groups is 1.